The van der Waals surface area contributed by atoms with Crippen molar-refractivity contribution in [1.82, 2.24) is 4.90 Å². The van der Waals surface area contributed by atoms with E-state index in [1.54, 1.807) is 6.07 Å². The largest absolute Gasteiger partial charge is 0.329 e. The molecule has 1 unspecified atom stereocenters. The number of likely N-dealkylation sites (tertiary alicyclic amines) is 1. The van der Waals surface area contributed by atoms with E-state index in [2.05, 4.69) is 4.90 Å². The molecule has 1 saturated heterocycles. The maximum Gasteiger partial charge on any atom is 0.128 e. The van der Waals surface area contributed by atoms with E-state index in [0.29, 0.717) is 5.56 Å². The van der Waals surface area contributed by atoms with Gasteiger partial charge < -0.3 is 11.5 Å². The van der Waals surface area contributed by atoms with E-state index in [1.807, 2.05) is 6.07 Å². The van der Waals surface area contributed by atoms with E-state index in [-0.39, 0.29) is 12.4 Å². The summed E-state index contributed by atoms with van der Waals surface area (Å²) in [6.45, 7) is 3.23. The van der Waals surface area contributed by atoms with Crippen molar-refractivity contribution in [3.63, 3.8) is 0 Å². The van der Waals surface area contributed by atoms with Crippen molar-refractivity contribution in [2.45, 2.75) is 19.0 Å². The number of nitrogens with two attached hydrogens (primary N) is 2. The Morgan fingerprint density at radius 1 is 1.38 bits per heavy atom. The van der Waals surface area contributed by atoms with Gasteiger partial charge in [-0.2, -0.15) is 0 Å². The van der Waals surface area contributed by atoms with Crippen molar-refractivity contribution in [3.05, 3.63) is 35.1 Å². The zero-order valence-electron chi connectivity index (χ0n) is 9.32. The first-order valence-corrected chi connectivity index (χ1v) is 5.67. The lowest BCUT2D eigenvalue weighted by Crippen LogP contribution is -2.37. The molecule has 0 radical (unpaired) electrons. The van der Waals surface area contributed by atoms with E-state index >= 15 is 0 Å². The van der Waals surface area contributed by atoms with Crippen molar-refractivity contribution in [2.75, 3.05) is 19.6 Å². The molecule has 1 fully saturated rings. The number of hydrogen-bond acceptors (Lipinski definition) is 3. The standard InChI is InChI=1S/C12H18FN3/c13-10-4-1-3-9(8-16-5-2-6-16)12(10)11(15)7-14/h1,3-4,11H,2,5-8,14-15H2. The molecule has 0 aliphatic carbocycles. The fraction of sp³-hybridized carbons (Fsp3) is 0.500. The Bertz CT molecular complexity index is 363. The minimum atomic E-state index is -0.405. The Labute approximate surface area is 95.2 Å². The number of nitrogens with zero attached hydrogens (tertiary/aromatic N) is 1. The first-order chi connectivity index (χ1) is 7.72. The molecule has 4 N–H and O–H groups in total. The second kappa shape index (κ2) is 4.91. The molecular weight excluding hydrogens is 205 g/mol. The van der Waals surface area contributed by atoms with Gasteiger partial charge in [-0.1, -0.05) is 12.1 Å². The second-order valence-corrected chi connectivity index (χ2v) is 4.28. The first-order valence-electron chi connectivity index (χ1n) is 5.67. The van der Waals surface area contributed by atoms with Gasteiger partial charge in [-0.3, -0.25) is 4.90 Å². The average Bonchev–Trinajstić information content (AvgIpc) is 2.22. The molecular formula is C12H18FN3. The second-order valence-electron chi connectivity index (χ2n) is 4.28. The molecule has 16 heavy (non-hydrogen) atoms. The lowest BCUT2D eigenvalue weighted by Gasteiger charge is -2.31. The van der Waals surface area contributed by atoms with Crippen LogP contribution in [0.5, 0.6) is 0 Å². The van der Waals surface area contributed by atoms with Gasteiger partial charge in [-0.05, 0) is 31.1 Å². The fourth-order valence-corrected chi connectivity index (χ4v) is 2.03. The maximum absolute atomic E-state index is 13.7. The lowest BCUT2D eigenvalue weighted by atomic mass is 9.99. The van der Waals surface area contributed by atoms with Gasteiger partial charge in [0.1, 0.15) is 5.82 Å². The molecule has 1 aliphatic heterocycles. The van der Waals surface area contributed by atoms with Gasteiger partial charge in [0.15, 0.2) is 0 Å². The number of rotatable bonds is 4. The van der Waals surface area contributed by atoms with Gasteiger partial charge >= 0.3 is 0 Å². The Morgan fingerprint density at radius 2 is 2.12 bits per heavy atom. The van der Waals surface area contributed by atoms with Crippen LogP contribution in [-0.4, -0.2) is 24.5 Å². The van der Waals surface area contributed by atoms with E-state index < -0.39 is 6.04 Å². The fourth-order valence-electron chi connectivity index (χ4n) is 2.03. The normalized spacial score (nSPS) is 18.2. The summed E-state index contributed by atoms with van der Waals surface area (Å²) in [4.78, 5) is 2.28. The summed E-state index contributed by atoms with van der Waals surface area (Å²) in [5.41, 5.74) is 12.9. The molecule has 2 rings (SSSR count). The van der Waals surface area contributed by atoms with Crippen molar-refractivity contribution in [3.8, 4) is 0 Å². The first kappa shape index (κ1) is 11.5. The average molecular weight is 223 g/mol. The number of hydrogen-bond donors (Lipinski definition) is 2. The summed E-state index contributed by atoms with van der Waals surface area (Å²) in [6.07, 6.45) is 1.23. The summed E-state index contributed by atoms with van der Waals surface area (Å²) in [5, 5.41) is 0. The van der Waals surface area contributed by atoms with Crippen LogP contribution in [0.15, 0.2) is 18.2 Å². The van der Waals surface area contributed by atoms with Crippen LogP contribution in [0.1, 0.15) is 23.6 Å². The molecule has 0 aromatic heterocycles. The van der Waals surface area contributed by atoms with Crippen LogP contribution in [0, 0.1) is 5.82 Å². The van der Waals surface area contributed by atoms with Gasteiger partial charge in [0, 0.05) is 24.7 Å². The zero-order chi connectivity index (χ0) is 11.5. The van der Waals surface area contributed by atoms with Crippen LogP contribution < -0.4 is 11.5 Å². The highest BCUT2D eigenvalue weighted by Gasteiger charge is 2.19. The molecule has 1 aliphatic rings. The maximum atomic E-state index is 13.7. The van der Waals surface area contributed by atoms with E-state index in [1.165, 1.54) is 12.5 Å². The van der Waals surface area contributed by atoms with Crippen LogP contribution >= 0.6 is 0 Å². The zero-order valence-corrected chi connectivity index (χ0v) is 9.32. The Morgan fingerprint density at radius 3 is 2.69 bits per heavy atom. The molecule has 0 amide bonds. The Hall–Kier alpha value is -0.970. The third-order valence-corrected chi connectivity index (χ3v) is 3.11. The Balaban J connectivity index is 2.23. The molecule has 1 heterocycles. The molecule has 0 saturated carbocycles. The minimum absolute atomic E-state index is 0.240. The van der Waals surface area contributed by atoms with Crippen LogP contribution in [0.2, 0.25) is 0 Å². The monoisotopic (exact) mass is 223 g/mol. The summed E-state index contributed by atoms with van der Waals surface area (Å²) >= 11 is 0. The quantitative estimate of drug-likeness (QED) is 0.800. The van der Waals surface area contributed by atoms with Crippen molar-refractivity contribution in [1.29, 1.82) is 0 Å². The molecule has 0 spiro atoms. The van der Waals surface area contributed by atoms with Crippen LogP contribution in [-0.2, 0) is 6.54 Å². The third kappa shape index (κ3) is 2.24. The van der Waals surface area contributed by atoms with Gasteiger partial charge in [0.05, 0.1) is 0 Å². The van der Waals surface area contributed by atoms with E-state index in [9.17, 15) is 4.39 Å². The minimum Gasteiger partial charge on any atom is -0.329 e. The van der Waals surface area contributed by atoms with Gasteiger partial charge in [0.25, 0.3) is 0 Å². The number of benzene rings is 1. The molecule has 3 nitrogen and oxygen atoms in total. The highest BCUT2D eigenvalue weighted by molar-refractivity contribution is 5.31. The molecule has 88 valence electrons. The molecule has 1 atom stereocenters. The van der Waals surface area contributed by atoms with E-state index in [4.69, 9.17) is 11.5 Å². The summed E-state index contributed by atoms with van der Waals surface area (Å²) in [5.74, 6) is -0.240. The molecule has 0 bridgehead atoms. The van der Waals surface area contributed by atoms with Crippen LogP contribution in [0.3, 0.4) is 0 Å². The summed E-state index contributed by atoms with van der Waals surface area (Å²) in [7, 11) is 0. The highest BCUT2D eigenvalue weighted by Crippen LogP contribution is 2.22. The summed E-state index contributed by atoms with van der Waals surface area (Å²) < 4.78 is 13.7. The topological polar surface area (TPSA) is 55.3 Å². The van der Waals surface area contributed by atoms with Gasteiger partial charge in [-0.15, -0.1) is 0 Å². The molecule has 1 aromatic rings. The highest BCUT2D eigenvalue weighted by atomic mass is 19.1. The SMILES string of the molecule is NCC(N)c1c(F)cccc1CN1CCC1. The summed E-state index contributed by atoms with van der Waals surface area (Å²) in [6, 6.07) is 4.71. The van der Waals surface area contributed by atoms with Crippen LogP contribution in [0.25, 0.3) is 0 Å². The van der Waals surface area contributed by atoms with Crippen molar-refractivity contribution in [2.24, 2.45) is 11.5 Å². The predicted molar refractivity (Wildman–Crippen MR) is 62.3 cm³/mol. The van der Waals surface area contributed by atoms with E-state index in [0.717, 1.165) is 25.2 Å². The predicted octanol–water partition coefficient (Wildman–Crippen LogP) is 0.990. The smallest absolute Gasteiger partial charge is 0.128 e. The Kier molecular flexibility index (Phi) is 3.53. The van der Waals surface area contributed by atoms with Gasteiger partial charge in [-0.25, -0.2) is 4.39 Å². The van der Waals surface area contributed by atoms with Crippen LogP contribution in [0.4, 0.5) is 4.39 Å². The van der Waals surface area contributed by atoms with Crippen molar-refractivity contribution < 1.29 is 4.39 Å². The number of halogens is 1. The third-order valence-electron chi connectivity index (χ3n) is 3.11. The molecule has 4 heteroatoms. The van der Waals surface area contributed by atoms with Crippen molar-refractivity contribution >= 4 is 0 Å². The lowest BCUT2D eigenvalue weighted by molar-refractivity contribution is 0.171. The molecule has 1 aromatic carbocycles. The van der Waals surface area contributed by atoms with Gasteiger partial charge in [0.2, 0.25) is 0 Å².